The zero-order valence-electron chi connectivity index (χ0n) is 11.0. The van der Waals surface area contributed by atoms with Gasteiger partial charge in [-0.2, -0.15) is 0 Å². The number of unbranched alkanes of at least 4 members (excludes halogenated alkanes) is 1. The van der Waals surface area contributed by atoms with Gasteiger partial charge in [0.15, 0.2) is 0 Å². The molecule has 0 aliphatic carbocycles. The Balaban J connectivity index is 0. The van der Waals surface area contributed by atoms with Crippen LogP contribution in [0.2, 0.25) is 0 Å². The number of rotatable bonds is 6. The topological polar surface area (TPSA) is 72.8 Å². The lowest BCUT2D eigenvalue weighted by atomic mass is 10.3. The van der Waals surface area contributed by atoms with E-state index in [9.17, 15) is 9.36 Å². The van der Waals surface area contributed by atoms with Crippen LogP contribution in [0.5, 0.6) is 0 Å². The van der Waals surface area contributed by atoms with Gasteiger partial charge in [0.1, 0.15) is 0 Å². The summed E-state index contributed by atoms with van der Waals surface area (Å²) in [5.74, 6) is -0.471. The van der Waals surface area contributed by atoms with Crippen LogP contribution in [0.15, 0.2) is 11.6 Å². The molecule has 0 spiro atoms. The lowest BCUT2D eigenvalue weighted by Crippen LogP contribution is -2.01. The number of carbonyl (C=O) groups excluding carboxylic acids is 1. The summed E-state index contributed by atoms with van der Waals surface area (Å²) in [7, 11) is -2.92. The number of ether oxygens (including phenoxy) is 1. The quantitative estimate of drug-likeness (QED) is 0.454. The average Bonchev–Trinajstić information content (AvgIpc) is 2.27. The van der Waals surface area contributed by atoms with Crippen LogP contribution in [0.25, 0.3) is 0 Å². The molecule has 0 heterocycles. The molecule has 0 bridgehead atoms. The Hall–Kier alpha value is -0.640. The summed E-state index contributed by atoms with van der Waals surface area (Å²) in [5.41, 5.74) is 0.547. The van der Waals surface area contributed by atoms with Gasteiger partial charge in [0, 0.05) is 6.08 Å². The van der Waals surface area contributed by atoms with Crippen LogP contribution < -0.4 is 0 Å². The molecule has 0 aromatic heterocycles. The van der Waals surface area contributed by atoms with Gasteiger partial charge in [-0.1, -0.05) is 26.7 Å². The predicted octanol–water partition coefficient (Wildman–Crippen LogP) is 2.70. The molecule has 0 saturated carbocycles. The summed E-state index contributed by atoms with van der Waals surface area (Å²) in [6.45, 7) is 7.94. The fourth-order valence-corrected chi connectivity index (χ4v) is 0.953. The first-order chi connectivity index (χ1) is 7.97. The average molecular weight is 266 g/mol. The molecule has 0 aromatic rings. The Morgan fingerprint density at radius 1 is 1.29 bits per heavy atom. The predicted molar refractivity (Wildman–Crippen MR) is 68.1 cm³/mol. The molecular weight excluding hydrogens is 243 g/mol. The lowest BCUT2D eigenvalue weighted by molar-refractivity contribution is -0.137. The second kappa shape index (κ2) is 13.4. The van der Waals surface area contributed by atoms with Crippen LogP contribution in [-0.4, -0.2) is 24.1 Å². The van der Waals surface area contributed by atoms with Crippen molar-refractivity contribution < 1.29 is 23.5 Å². The van der Waals surface area contributed by atoms with E-state index < -0.39 is 14.2 Å². The van der Waals surface area contributed by atoms with Crippen molar-refractivity contribution in [1.82, 2.24) is 0 Å². The van der Waals surface area contributed by atoms with Crippen LogP contribution in [0.3, 0.4) is 0 Å². The summed E-state index contributed by atoms with van der Waals surface area (Å²) in [5, 5.41) is 0. The Morgan fingerprint density at radius 2 is 1.82 bits per heavy atom. The van der Waals surface area contributed by atoms with E-state index in [1.165, 1.54) is 18.9 Å². The molecule has 0 aliphatic heterocycles. The van der Waals surface area contributed by atoms with Crippen molar-refractivity contribution in [2.75, 3.05) is 13.2 Å². The van der Waals surface area contributed by atoms with Crippen LogP contribution in [0.4, 0.5) is 0 Å². The van der Waals surface area contributed by atoms with Gasteiger partial charge < -0.3 is 14.2 Å². The third kappa shape index (κ3) is 17.9. The summed E-state index contributed by atoms with van der Waals surface area (Å²) in [6, 6.07) is 0. The van der Waals surface area contributed by atoms with Gasteiger partial charge in [-0.25, -0.2) is 4.79 Å². The van der Waals surface area contributed by atoms with Gasteiger partial charge in [-0.3, -0.25) is 4.57 Å². The molecule has 1 unspecified atom stereocenters. The van der Waals surface area contributed by atoms with Crippen molar-refractivity contribution in [1.29, 1.82) is 0 Å². The number of esters is 1. The second-order valence-electron chi connectivity index (χ2n) is 3.30. The molecule has 5 nitrogen and oxygen atoms in total. The van der Waals surface area contributed by atoms with Crippen LogP contribution in [0, 0.1) is 0 Å². The molecule has 6 heteroatoms. The van der Waals surface area contributed by atoms with E-state index in [1.807, 2.05) is 0 Å². The molecular formula is C11H23O5P. The van der Waals surface area contributed by atoms with E-state index in [2.05, 4.69) is 23.1 Å². The maximum absolute atomic E-state index is 10.8. The Bertz CT molecular complexity index is 248. The van der Waals surface area contributed by atoms with Crippen molar-refractivity contribution in [2.24, 2.45) is 0 Å². The fourth-order valence-electron chi connectivity index (χ4n) is 0.602. The van der Waals surface area contributed by atoms with Crippen LogP contribution in [-0.2, 0) is 18.6 Å². The standard InChI is InChI=1S/C7H13O5P.C4H10/c1-3-11-7(8)4-6(2)5-12-13(9)10;1-3-4-2/h4,13H,3,5H2,1-2H3,(H,9,10);3-4H2,1-2H3/b6-4+;. The first-order valence-electron chi connectivity index (χ1n) is 5.67. The summed E-state index contributed by atoms with van der Waals surface area (Å²) >= 11 is 0. The lowest BCUT2D eigenvalue weighted by Gasteiger charge is -2.00. The van der Waals surface area contributed by atoms with E-state index >= 15 is 0 Å². The highest BCUT2D eigenvalue weighted by Gasteiger charge is 1.99. The Morgan fingerprint density at radius 3 is 2.18 bits per heavy atom. The highest BCUT2D eigenvalue weighted by Crippen LogP contribution is 2.15. The summed E-state index contributed by atoms with van der Waals surface area (Å²) < 4.78 is 19.2. The first-order valence-corrected chi connectivity index (χ1v) is 6.93. The summed E-state index contributed by atoms with van der Waals surface area (Å²) in [4.78, 5) is 19.1. The SMILES string of the molecule is CCCC.CCOC(=O)/C=C(\C)CO[PH](=O)O. The first kappa shape index (κ1) is 18.7. The number of carbonyl (C=O) groups is 1. The minimum Gasteiger partial charge on any atom is -0.463 e. The van der Waals surface area contributed by atoms with E-state index in [1.54, 1.807) is 13.8 Å². The van der Waals surface area contributed by atoms with Gasteiger partial charge in [0.25, 0.3) is 0 Å². The fraction of sp³-hybridized carbons (Fsp3) is 0.727. The number of hydrogen-bond donors (Lipinski definition) is 1. The molecule has 102 valence electrons. The van der Waals surface area contributed by atoms with Crippen molar-refractivity contribution in [3.63, 3.8) is 0 Å². The minimum atomic E-state index is -2.92. The highest BCUT2D eigenvalue weighted by molar-refractivity contribution is 7.32. The molecule has 1 atom stereocenters. The molecule has 0 aromatic carbocycles. The minimum absolute atomic E-state index is 0.0346. The maximum Gasteiger partial charge on any atom is 0.330 e. The van der Waals surface area contributed by atoms with Crippen molar-refractivity contribution >= 4 is 14.2 Å². The smallest absolute Gasteiger partial charge is 0.330 e. The molecule has 0 aliphatic rings. The van der Waals surface area contributed by atoms with Gasteiger partial charge in [-0.05, 0) is 19.4 Å². The molecule has 0 saturated heterocycles. The van der Waals surface area contributed by atoms with E-state index in [0.717, 1.165) is 0 Å². The third-order valence-electron chi connectivity index (χ3n) is 1.57. The van der Waals surface area contributed by atoms with Crippen molar-refractivity contribution in [3.8, 4) is 0 Å². The van der Waals surface area contributed by atoms with Crippen LogP contribution >= 0.6 is 8.25 Å². The molecule has 0 fully saturated rings. The van der Waals surface area contributed by atoms with Crippen molar-refractivity contribution in [2.45, 2.75) is 40.5 Å². The van der Waals surface area contributed by atoms with Gasteiger partial charge in [0.05, 0.1) is 13.2 Å². The molecule has 0 radical (unpaired) electrons. The second-order valence-corrected chi connectivity index (χ2v) is 4.12. The number of hydrogen-bond acceptors (Lipinski definition) is 4. The highest BCUT2D eigenvalue weighted by atomic mass is 31.1. The summed E-state index contributed by atoms with van der Waals surface area (Å²) in [6.07, 6.45) is 3.87. The Labute approximate surface area is 104 Å². The van der Waals surface area contributed by atoms with Gasteiger partial charge in [0.2, 0.25) is 0 Å². The third-order valence-corrected chi connectivity index (χ3v) is 1.97. The monoisotopic (exact) mass is 266 g/mol. The van der Waals surface area contributed by atoms with E-state index in [4.69, 9.17) is 4.89 Å². The normalized spacial score (nSPS) is 12.4. The maximum atomic E-state index is 10.8. The molecule has 0 rings (SSSR count). The van der Waals surface area contributed by atoms with Gasteiger partial charge in [-0.15, -0.1) is 0 Å². The Kier molecular flexibility index (Phi) is 14.8. The van der Waals surface area contributed by atoms with E-state index in [-0.39, 0.29) is 6.61 Å². The zero-order valence-corrected chi connectivity index (χ0v) is 12.0. The zero-order chi connectivity index (χ0) is 13.7. The van der Waals surface area contributed by atoms with Crippen LogP contribution in [0.1, 0.15) is 40.5 Å². The molecule has 17 heavy (non-hydrogen) atoms. The van der Waals surface area contributed by atoms with Gasteiger partial charge >= 0.3 is 14.2 Å². The molecule has 0 amide bonds. The largest absolute Gasteiger partial charge is 0.463 e. The molecule has 1 N–H and O–H groups in total. The van der Waals surface area contributed by atoms with Crippen molar-refractivity contribution in [3.05, 3.63) is 11.6 Å². The van der Waals surface area contributed by atoms with E-state index in [0.29, 0.717) is 12.2 Å².